The first-order valence-electron chi connectivity index (χ1n) is 10.6. The Kier molecular flexibility index (Phi) is 6.01. The van der Waals surface area contributed by atoms with Crippen LogP contribution in [-0.2, 0) is 10.0 Å². The van der Waals surface area contributed by atoms with E-state index in [-0.39, 0.29) is 22.6 Å². The number of rotatable bonds is 6. The molecule has 0 saturated carbocycles. The molecular formula is C23H27N5O3S. The van der Waals surface area contributed by atoms with E-state index < -0.39 is 10.0 Å². The van der Waals surface area contributed by atoms with Gasteiger partial charge in [-0.05, 0) is 49.6 Å². The zero-order valence-corrected chi connectivity index (χ0v) is 19.2. The number of likely N-dealkylation sites (tertiary alicyclic amines) is 1. The lowest BCUT2D eigenvalue weighted by Crippen LogP contribution is -2.28. The quantitative estimate of drug-likeness (QED) is 0.592. The molecule has 1 aromatic carbocycles. The molecule has 9 heteroatoms. The molecule has 1 amide bonds. The summed E-state index contributed by atoms with van der Waals surface area (Å²) in [5.41, 5.74) is 3.31. The molecule has 1 atom stereocenters. The van der Waals surface area contributed by atoms with Crippen molar-refractivity contribution in [3.8, 4) is 0 Å². The Labute approximate surface area is 188 Å². The first-order chi connectivity index (χ1) is 15.2. The lowest BCUT2D eigenvalue weighted by molar-refractivity contribution is 0.0785. The molecule has 1 aliphatic rings. The predicted molar refractivity (Wildman–Crippen MR) is 122 cm³/mol. The Balaban J connectivity index is 1.50. The number of H-pyrrole nitrogens is 1. The van der Waals surface area contributed by atoms with Gasteiger partial charge in [-0.3, -0.25) is 19.6 Å². The fraction of sp³-hybridized carbons (Fsp3) is 0.348. The number of anilines is 1. The van der Waals surface area contributed by atoms with Crippen molar-refractivity contribution in [1.29, 1.82) is 0 Å². The lowest BCUT2D eigenvalue weighted by Gasteiger charge is -2.16. The highest BCUT2D eigenvalue weighted by Gasteiger charge is 2.30. The van der Waals surface area contributed by atoms with E-state index >= 15 is 0 Å². The Morgan fingerprint density at radius 3 is 2.62 bits per heavy atom. The van der Waals surface area contributed by atoms with Gasteiger partial charge < -0.3 is 4.90 Å². The van der Waals surface area contributed by atoms with E-state index in [1.54, 1.807) is 47.4 Å². The maximum atomic E-state index is 12.9. The highest BCUT2D eigenvalue weighted by molar-refractivity contribution is 7.92. The minimum absolute atomic E-state index is 0.0336. The van der Waals surface area contributed by atoms with Crippen molar-refractivity contribution in [3.05, 3.63) is 71.3 Å². The summed E-state index contributed by atoms with van der Waals surface area (Å²) in [4.78, 5) is 19.5. The summed E-state index contributed by atoms with van der Waals surface area (Å²) in [6, 6.07) is 13.5. The first-order valence-corrected chi connectivity index (χ1v) is 12.1. The van der Waals surface area contributed by atoms with E-state index in [0.717, 1.165) is 17.8 Å². The summed E-state index contributed by atoms with van der Waals surface area (Å²) >= 11 is 0. The standard InChI is InChI=1S/C23H27N5O3S/c1-15(2)20-13-22(26-25-20)23(29)28-10-9-17(14-28)21-12-18(11-16(3)24-21)27-32(30,31)19-7-5-4-6-8-19/h4-8,11-13,15,17H,9-10,14H2,1-3H3,(H,24,27)(H,25,26). The van der Waals surface area contributed by atoms with Gasteiger partial charge in [-0.1, -0.05) is 32.0 Å². The molecule has 1 aliphatic heterocycles. The molecule has 2 N–H and O–H groups in total. The molecule has 0 bridgehead atoms. The zero-order valence-electron chi connectivity index (χ0n) is 18.4. The van der Waals surface area contributed by atoms with Crippen LogP contribution in [0.3, 0.4) is 0 Å². The summed E-state index contributed by atoms with van der Waals surface area (Å²) in [7, 11) is -3.69. The van der Waals surface area contributed by atoms with Crippen molar-refractivity contribution < 1.29 is 13.2 Å². The lowest BCUT2D eigenvalue weighted by atomic mass is 10.0. The van der Waals surface area contributed by atoms with Gasteiger partial charge in [-0.15, -0.1) is 0 Å². The number of nitrogens with zero attached hydrogens (tertiary/aromatic N) is 3. The Bertz CT molecular complexity index is 1220. The highest BCUT2D eigenvalue weighted by atomic mass is 32.2. The molecular weight excluding hydrogens is 426 g/mol. The van der Waals surface area contributed by atoms with Gasteiger partial charge in [0.15, 0.2) is 0 Å². The first kappa shape index (κ1) is 22.0. The van der Waals surface area contributed by atoms with Crippen LogP contribution in [0.25, 0.3) is 0 Å². The number of sulfonamides is 1. The Morgan fingerprint density at radius 1 is 1.19 bits per heavy atom. The number of aromatic amines is 1. The number of carbonyl (C=O) groups is 1. The zero-order chi connectivity index (χ0) is 22.9. The van der Waals surface area contributed by atoms with Crippen LogP contribution < -0.4 is 4.72 Å². The number of hydrogen-bond donors (Lipinski definition) is 2. The molecule has 3 aromatic rings. The van der Waals surface area contributed by atoms with Crippen molar-refractivity contribution in [2.75, 3.05) is 17.8 Å². The number of pyridine rings is 1. The smallest absolute Gasteiger partial charge is 0.271 e. The fourth-order valence-electron chi connectivity index (χ4n) is 3.88. The topological polar surface area (TPSA) is 108 Å². The van der Waals surface area contributed by atoms with Crippen molar-refractivity contribution in [3.63, 3.8) is 0 Å². The number of amides is 1. The molecule has 8 nitrogen and oxygen atoms in total. The maximum Gasteiger partial charge on any atom is 0.271 e. The summed E-state index contributed by atoms with van der Waals surface area (Å²) in [5.74, 6) is 0.199. The third kappa shape index (κ3) is 4.67. The number of nitrogens with one attached hydrogen (secondary N) is 2. The van der Waals surface area contributed by atoms with E-state index in [0.29, 0.717) is 30.2 Å². The second kappa shape index (κ2) is 8.74. The van der Waals surface area contributed by atoms with Crippen LogP contribution in [0.5, 0.6) is 0 Å². The SMILES string of the molecule is Cc1cc(NS(=O)(=O)c2ccccc2)cc(C2CCN(C(=O)c3cc(C(C)C)n[nH]3)C2)n1. The van der Waals surface area contributed by atoms with E-state index in [4.69, 9.17) is 0 Å². The minimum atomic E-state index is -3.69. The normalized spacial score (nSPS) is 16.5. The van der Waals surface area contributed by atoms with Crippen LogP contribution in [0.4, 0.5) is 5.69 Å². The molecule has 0 spiro atoms. The Hall–Kier alpha value is -3.20. The number of aryl methyl sites for hydroxylation is 1. The van der Waals surface area contributed by atoms with Gasteiger partial charge in [0.05, 0.1) is 16.3 Å². The number of aromatic nitrogens is 3. The van der Waals surface area contributed by atoms with Crippen molar-refractivity contribution in [2.24, 2.45) is 0 Å². The molecule has 4 rings (SSSR count). The third-order valence-corrected chi connectivity index (χ3v) is 6.99. The molecule has 0 aliphatic carbocycles. The largest absolute Gasteiger partial charge is 0.337 e. The van der Waals surface area contributed by atoms with Crippen LogP contribution >= 0.6 is 0 Å². The second-order valence-electron chi connectivity index (χ2n) is 8.44. The van der Waals surface area contributed by atoms with Crippen molar-refractivity contribution in [2.45, 2.75) is 43.9 Å². The van der Waals surface area contributed by atoms with Gasteiger partial charge in [0.2, 0.25) is 0 Å². The number of carbonyl (C=O) groups excluding carboxylic acids is 1. The average molecular weight is 454 g/mol. The van der Waals surface area contributed by atoms with E-state index in [1.165, 1.54) is 0 Å². The van der Waals surface area contributed by atoms with Crippen molar-refractivity contribution in [1.82, 2.24) is 20.1 Å². The van der Waals surface area contributed by atoms with E-state index in [1.807, 2.05) is 26.8 Å². The summed E-state index contributed by atoms with van der Waals surface area (Å²) in [6.45, 7) is 7.03. The summed E-state index contributed by atoms with van der Waals surface area (Å²) in [6.07, 6.45) is 0.762. The van der Waals surface area contributed by atoms with Crippen molar-refractivity contribution >= 4 is 21.6 Å². The van der Waals surface area contributed by atoms with Gasteiger partial charge >= 0.3 is 0 Å². The molecule has 1 fully saturated rings. The molecule has 2 aromatic heterocycles. The van der Waals surface area contributed by atoms with Gasteiger partial charge in [-0.2, -0.15) is 5.10 Å². The molecule has 3 heterocycles. The fourth-order valence-corrected chi connectivity index (χ4v) is 4.94. The van der Waals surface area contributed by atoms with Crippen LogP contribution in [0.15, 0.2) is 53.4 Å². The van der Waals surface area contributed by atoms with Gasteiger partial charge in [-0.25, -0.2) is 8.42 Å². The van der Waals surface area contributed by atoms with Gasteiger partial charge in [0.25, 0.3) is 15.9 Å². The van der Waals surface area contributed by atoms with Crippen LogP contribution in [-0.4, -0.2) is 47.5 Å². The van der Waals surface area contributed by atoms with E-state index in [9.17, 15) is 13.2 Å². The summed E-state index contributed by atoms with van der Waals surface area (Å²) in [5, 5.41) is 7.06. The molecule has 168 valence electrons. The van der Waals surface area contributed by atoms with E-state index in [2.05, 4.69) is 19.9 Å². The Morgan fingerprint density at radius 2 is 1.94 bits per heavy atom. The van der Waals surface area contributed by atoms with Gasteiger partial charge in [0.1, 0.15) is 5.69 Å². The summed E-state index contributed by atoms with van der Waals surface area (Å²) < 4.78 is 28.1. The molecule has 1 saturated heterocycles. The van der Waals surface area contributed by atoms with Crippen LogP contribution in [0, 0.1) is 6.92 Å². The highest BCUT2D eigenvalue weighted by Crippen LogP contribution is 2.29. The predicted octanol–water partition coefficient (Wildman–Crippen LogP) is 3.67. The third-order valence-electron chi connectivity index (χ3n) is 5.59. The second-order valence-corrected chi connectivity index (χ2v) is 10.1. The average Bonchev–Trinajstić information content (AvgIpc) is 3.43. The number of benzene rings is 1. The van der Waals surface area contributed by atoms with Gasteiger partial charge in [0, 0.05) is 30.4 Å². The molecule has 32 heavy (non-hydrogen) atoms. The minimum Gasteiger partial charge on any atom is -0.337 e. The monoisotopic (exact) mass is 453 g/mol. The van der Waals surface area contributed by atoms with Crippen LogP contribution in [0.2, 0.25) is 0 Å². The maximum absolute atomic E-state index is 12.9. The van der Waals surface area contributed by atoms with Crippen LogP contribution in [0.1, 0.15) is 59.7 Å². The number of hydrogen-bond acceptors (Lipinski definition) is 5. The molecule has 1 unspecified atom stereocenters. The molecule has 0 radical (unpaired) electrons.